The summed E-state index contributed by atoms with van der Waals surface area (Å²) in [6, 6.07) is 14.9. The number of aryl methyl sites for hydroxylation is 1. The van der Waals surface area contributed by atoms with E-state index in [0.717, 1.165) is 27.9 Å². The van der Waals surface area contributed by atoms with Crippen LogP contribution >= 0.6 is 0 Å². The summed E-state index contributed by atoms with van der Waals surface area (Å²) in [4.78, 5) is 17.9. The van der Waals surface area contributed by atoms with Gasteiger partial charge in [0.1, 0.15) is 11.5 Å². The van der Waals surface area contributed by atoms with E-state index in [1.165, 1.54) is 0 Å². The SMILES string of the molecule is COc1cc(OC)cc(C(=O)Nc2ccc(C)c(-c3ccc4c([C@@H](C)O[Si](C)(C)C(C)(C)C)n[nH]c4n3)c2)c1. The molecule has 0 unspecified atom stereocenters. The van der Waals surface area contributed by atoms with Crippen molar-refractivity contribution in [1.29, 1.82) is 0 Å². The van der Waals surface area contributed by atoms with Gasteiger partial charge >= 0.3 is 0 Å². The molecule has 0 radical (unpaired) electrons. The highest BCUT2D eigenvalue weighted by Crippen LogP contribution is 2.40. The number of carbonyl (C=O) groups excluding carboxylic acids is 1. The zero-order valence-corrected chi connectivity index (χ0v) is 25.2. The molecule has 4 aromatic rings. The molecule has 0 saturated heterocycles. The van der Waals surface area contributed by atoms with Gasteiger partial charge in [-0.05, 0) is 73.9 Å². The summed E-state index contributed by atoms with van der Waals surface area (Å²) in [7, 11) is 1.15. The fourth-order valence-corrected chi connectivity index (χ4v) is 5.53. The molecule has 0 fully saturated rings. The average Bonchev–Trinajstić information content (AvgIpc) is 3.32. The quantitative estimate of drug-likeness (QED) is 0.225. The fourth-order valence-electron chi connectivity index (χ4n) is 4.18. The Labute approximate surface area is 231 Å². The molecule has 2 N–H and O–H groups in total. The summed E-state index contributed by atoms with van der Waals surface area (Å²) in [5.41, 5.74) is 5.40. The van der Waals surface area contributed by atoms with Crippen LogP contribution in [-0.4, -0.2) is 43.6 Å². The number of amides is 1. The largest absolute Gasteiger partial charge is 0.497 e. The number of aromatic amines is 1. The van der Waals surface area contributed by atoms with E-state index in [-0.39, 0.29) is 17.0 Å². The van der Waals surface area contributed by atoms with E-state index >= 15 is 0 Å². The van der Waals surface area contributed by atoms with Crippen LogP contribution in [0.1, 0.15) is 55.4 Å². The minimum Gasteiger partial charge on any atom is -0.497 e. The first-order chi connectivity index (χ1) is 18.3. The van der Waals surface area contributed by atoms with Crippen molar-refractivity contribution in [1.82, 2.24) is 15.2 Å². The van der Waals surface area contributed by atoms with Gasteiger partial charge in [-0.15, -0.1) is 0 Å². The molecule has 39 heavy (non-hydrogen) atoms. The van der Waals surface area contributed by atoms with Gasteiger partial charge in [0.2, 0.25) is 0 Å². The topological polar surface area (TPSA) is 98.4 Å². The smallest absolute Gasteiger partial charge is 0.255 e. The molecule has 0 aliphatic rings. The number of benzene rings is 2. The maximum Gasteiger partial charge on any atom is 0.255 e. The van der Waals surface area contributed by atoms with E-state index in [9.17, 15) is 4.79 Å². The monoisotopic (exact) mass is 546 g/mol. The van der Waals surface area contributed by atoms with Crippen LogP contribution in [0.15, 0.2) is 48.5 Å². The van der Waals surface area contributed by atoms with E-state index in [2.05, 4.69) is 56.3 Å². The molecule has 2 aromatic heterocycles. The Balaban J connectivity index is 1.60. The number of fused-ring (bicyclic) bond motifs is 1. The number of methoxy groups -OCH3 is 2. The standard InChI is InChI=1S/C30H38N4O4Si/c1-18-10-11-21(31-29(35)20-14-22(36-6)17-23(15-20)37-7)16-25(18)26-13-12-24-27(33-34-28(24)32-26)19(2)38-39(8,9)30(3,4)5/h10-17,19H,1-9H3,(H,31,35)(H,32,33,34)/t19-/m1/s1. The number of ether oxygens (including phenoxy) is 2. The molecule has 1 atom stereocenters. The fraction of sp³-hybridized carbons (Fsp3) is 0.367. The van der Waals surface area contributed by atoms with Gasteiger partial charge < -0.3 is 19.2 Å². The lowest BCUT2D eigenvalue weighted by atomic mass is 10.0. The second-order valence-electron chi connectivity index (χ2n) is 11.3. The zero-order valence-electron chi connectivity index (χ0n) is 24.2. The van der Waals surface area contributed by atoms with Crippen LogP contribution in [0.2, 0.25) is 18.1 Å². The van der Waals surface area contributed by atoms with Crippen molar-refractivity contribution < 1.29 is 18.7 Å². The lowest BCUT2D eigenvalue weighted by Crippen LogP contribution is -2.41. The number of aromatic nitrogens is 3. The first kappa shape index (κ1) is 28.3. The Morgan fingerprint density at radius 1 is 1.00 bits per heavy atom. The first-order valence-corrected chi connectivity index (χ1v) is 15.9. The van der Waals surface area contributed by atoms with E-state index in [1.807, 2.05) is 37.3 Å². The summed E-state index contributed by atoms with van der Waals surface area (Å²) in [6.45, 7) is 15.3. The molecule has 0 aliphatic carbocycles. The normalized spacial score (nSPS) is 12.8. The molecule has 0 saturated carbocycles. The van der Waals surface area contributed by atoms with E-state index < -0.39 is 8.32 Å². The van der Waals surface area contributed by atoms with Gasteiger partial charge in [-0.3, -0.25) is 9.89 Å². The Hall–Kier alpha value is -3.69. The number of rotatable bonds is 8. The summed E-state index contributed by atoms with van der Waals surface area (Å²) >= 11 is 0. The number of pyridine rings is 1. The van der Waals surface area contributed by atoms with Gasteiger partial charge in [-0.2, -0.15) is 5.10 Å². The van der Waals surface area contributed by atoms with Crippen molar-refractivity contribution in [2.75, 3.05) is 19.5 Å². The highest BCUT2D eigenvalue weighted by atomic mass is 28.4. The second kappa shape index (κ2) is 10.8. The van der Waals surface area contributed by atoms with Crippen LogP contribution in [-0.2, 0) is 4.43 Å². The summed E-state index contributed by atoms with van der Waals surface area (Å²) in [6.07, 6.45) is -0.150. The lowest BCUT2D eigenvalue weighted by Gasteiger charge is -2.38. The predicted molar refractivity (Wildman–Crippen MR) is 158 cm³/mol. The Morgan fingerprint density at radius 3 is 2.28 bits per heavy atom. The molecule has 206 valence electrons. The minimum absolute atomic E-state index is 0.107. The van der Waals surface area contributed by atoms with Gasteiger partial charge in [0.25, 0.3) is 5.91 Å². The number of anilines is 1. The first-order valence-electron chi connectivity index (χ1n) is 13.0. The summed E-state index contributed by atoms with van der Waals surface area (Å²) in [5, 5.41) is 11.7. The maximum absolute atomic E-state index is 13.0. The molecule has 2 heterocycles. The molecule has 0 spiro atoms. The van der Waals surface area contributed by atoms with Crippen LogP contribution in [0.5, 0.6) is 11.5 Å². The molecule has 8 nitrogen and oxygen atoms in total. The van der Waals surface area contributed by atoms with Crippen molar-refractivity contribution in [3.05, 3.63) is 65.4 Å². The van der Waals surface area contributed by atoms with Crippen LogP contribution in [0.25, 0.3) is 22.3 Å². The Bertz CT molecular complexity index is 1480. The molecule has 0 bridgehead atoms. The minimum atomic E-state index is -1.96. The lowest BCUT2D eigenvalue weighted by molar-refractivity contribution is 0.102. The van der Waals surface area contributed by atoms with Crippen molar-refractivity contribution in [3.8, 4) is 22.8 Å². The van der Waals surface area contributed by atoms with Crippen molar-refractivity contribution >= 4 is 30.9 Å². The average molecular weight is 547 g/mol. The molecular weight excluding hydrogens is 508 g/mol. The van der Waals surface area contributed by atoms with Gasteiger partial charge in [-0.1, -0.05) is 26.8 Å². The number of nitrogens with zero attached hydrogens (tertiary/aromatic N) is 2. The number of hydrogen-bond donors (Lipinski definition) is 2. The number of hydrogen-bond acceptors (Lipinski definition) is 6. The predicted octanol–water partition coefficient (Wildman–Crippen LogP) is 7.29. The van der Waals surface area contributed by atoms with Crippen molar-refractivity contribution in [2.45, 2.75) is 58.9 Å². The number of nitrogens with one attached hydrogen (secondary N) is 2. The van der Waals surface area contributed by atoms with Crippen LogP contribution in [0, 0.1) is 6.92 Å². The summed E-state index contributed by atoms with van der Waals surface area (Å²) in [5.74, 6) is 0.827. The van der Waals surface area contributed by atoms with Crippen LogP contribution in [0.3, 0.4) is 0 Å². The molecule has 1 amide bonds. The Kier molecular flexibility index (Phi) is 7.86. The van der Waals surface area contributed by atoms with Gasteiger partial charge in [0.15, 0.2) is 14.0 Å². The highest BCUT2D eigenvalue weighted by molar-refractivity contribution is 6.74. The highest BCUT2D eigenvalue weighted by Gasteiger charge is 2.39. The molecule has 2 aromatic carbocycles. The second-order valence-corrected chi connectivity index (χ2v) is 16.1. The van der Waals surface area contributed by atoms with E-state index in [1.54, 1.807) is 32.4 Å². The Morgan fingerprint density at radius 2 is 1.67 bits per heavy atom. The number of H-pyrrole nitrogens is 1. The van der Waals surface area contributed by atoms with Crippen molar-refractivity contribution in [3.63, 3.8) is 0 Å². The third-order valence-corrected chi connectivity index (χ3v) is 12.1. The van der Waals surface area contributed by atoms with Gasteiger partial charge in [0.05, 0.1) is 31.7 Å². The van der Waals surface area contributed by atoms with E-state index in [4.69, 9.17) is 18.9 Å². The van der Waals surface area contributed by atoms with Crippen molar-refractivity contribution in [2.24, 2.45) is 0 Å². The molecule has 0 aliphatic heterocycles. The number of carbonyl (C=O) groups is 1. The zero-order chi connectivity index (χ0) is 28.5. The molecule has 9 heteroatoms. The summed E-state index contributed by atoms with van der Waals surface area (Å²) < 4.78 is 17.2. The molecular formula is C30H38N4O4Si. The van der Waals surface area contributed by atoms with Crippen LogP contribution < -0.4 is 14.8 Å². The van der Waals surface area contributed by atoms with Gasteiger partial charge in [0, 0.05) is 28.3 Å². The van der Waals surface area contributed by atoms with E-state index in [0.29, 0.717) is 28.4 Å². The van der Waals surface area contributed by atoms with Crippen LogP contribution in [0.4, 0.5) is 5.69 Å². The maximum atomic E-state index is 13.0. The van der Waals surface area contributed by atoms with Gasteiger partial charge in [-0.25, -0.2) is 4.98 Å². The third kappa shape index (κ3) is 5.99. The molecule has 4 rings (SSSR count). The third-order valence-electron chi connectivity index (χ3n) is 7.50.